The van der Waals surface area contributed by atoms with E-state index in [4.69, 9.17) is 4.74 Å². The summed E-state index contributed by atoms with van der Waals surface area (Å²) in [7, 11) is 0. The van der Waals surface area contributed by atoms with Crippen molar-refractivity contribution in [3.05, 3.63) is 0 Å². The number of unbranched alkanes of at least 4 members (excludes halogenated alkanes) is 1. The van der Waals surface area contributed by atoms with Crippen molar-refractivity contribution in [2.45, 2.75) is 33.1 Å². The van der Waals surface area contributed by atoms with Gasteiger partial charge in [0.05, 0.1) is 13.2 Å². The van der Waals surface area contributed by atoms with Gasteiger partial charge in [0.1, 0.15) is 19.6 Å². The Bertz CT molecular complexity index is 153. The highest BCUT2D eigenvalue weighted by molar-refractivity contribution is 4.48. The van der Waals surface area contributed by atoms with E-state index in [0.717, 1.165) is 32.0 Å². The average molecular weight is 202 g/mol. The number of quaternary nitrogens is 1. The van der Waals surface area contributed by atoms with Crippen LogP contribution in [0.3, 0.4) is 0 Å². The van der Waals surface area contributed by atoms with Crippen LogP contribution in [0.1, 0.15) is 33.1 Å². The molecule has 1 N–H and O–H groups in total. The van der Waals surface area contributed by atoms with E-state index in [2.05, 4.69) is 13.8 Å². The minimum atomic E-state index is 0.234. The average Bonchev–Trinajstić information content (AvgIpc) is 2.14. The predicted octanol–water partition coefficient (Wildman–Crippen LogP) is 2.05. The van der Waals surface area contributed by atoms with Crippen LogP contribution in [-0.2, 0) is 4.74 Å². The van der Waals surface area contributed by atoms with Crippen molar-refractivity contribution in [1.29, 1.82) is 0 Å². The molecule has 0 spiro atoms. The van der Waals surface area contributed by atoms with Crippen molar-refractivity contribution in [2.24, 2.45) is 5.92 Å². The molecule has 1 rings (SSSR count). The van der Waals surface area contributed by atoms with Gasteiger partial charge in [-0.25, -0.2) is 5.21 Å². The van der Waals surface area contributed by atoms with Crippen LogP contribution in [0.2, 0.25) is 0 Å². The van der Waals surface area contributed by atoms with E-state index in [1.807, 2.05) is 0 Å². The first kappa shape index (κ1) is 12.0. The summed E-state index contributed by atoms with van der Waals surface area (Å²) >= 11 is 0. The molecular weight excluding hydrogens is 178 g/mol. The van der Waals surface area contributed by atoms with Crippen LogP contribution in [0, 0.1) is 5.92 Å². The summed E-state index contributed by atoms with van der Waals surface area (Å²) in [5, 5.41) is 10.1. The van der Waals surface area contributed by atoms with Crippen LogP contribution >= 0.6 is 0 Å². The zero-order valence-corrected chi connectivity index (χ0v) is 9.54. The fourth-order valence-electron chi connectivity index (χ4n) is 1.87. The monoisotopic (exact) mass is 202 g/mol. The van der Waals surface area contributed by atoms with Crippen LogP contribution < -0.4 is 0 Å². The molecule has 3 nitrogen and oxygen atoms in total. The fourth-order valence-corrected chi connectivity index (χ4v) is 1.87. The van der Waals surface area contributed by atoms with Gasteiger partial charge in [-0.1, -0.05) is 20.3 Å². The maximum Gasteiger partial charge on any atom is 0.132 e. The molecule has 14 heavy (non-hydrogen) atoms. The lowest BCUT2D eigenvalue weighted by atomic mass is 10.1. The van der Waals surface area contributed by atoms with Crippen molar-refractivity contribution in [1.82, 2.24) is 0 Å². The molecule has 0 radical (unpaired) electrons. The van der Waals surface area contributed by atoms with Crippen LogP contribution in [-0.4, -0.2) is 42.7 Å². The second-order valence-corrected chi connectivity index (χ2v) is 4.77. The normalized spacial score (nSPS) is 21.4. The number of nitrogens with zero attached hydrogens (tertiary/aromatic N) is 1. The van der Waals surface area contributed by atoms with Crippen molar-refractivity contribution in [2.75, 3.05) is 32.8 Å². The van der Waals surface area contributed by atoms with E-state index >= 15 is 0 Å². The summed E-state index contributed by atoms with van der Waals surface area (Å²) in [6, 6.07) is 0. The Kier molecular flexibility index (Phi) is 4.85. The second-order valence-electron chi connectivity index (χ2n) is 4.77. The molecule has 0 aromatic rings. The summed E-state index contributed by atoms with van der Waals surface area (Å²) in [4.78, 5) is 0. The Morgan fingerprint density at radius 3 is 2.43 bits per heavy atom. The minimum Gasteiger partial charge on any atom is -0.370 e. The van der Waals surface area contributed by atoms with Gasteiger partial charge in [0.2, 0.25) is 0 Å². The number of morpholine rings is 1. The molecule has 0 amide bonds. The van der Waals surface area contributed by atoms with Gasteiger partial charge in [0.15, 0.2) is 0 Å². The highest BCUT2D eigenvalue weighted by Gasteiger charge is 2.27. The lowest BCUT2D eigenvalue weighted by Gasteiger charge is -2.33. The summed E-state index contributed by atoms with van der Waals surface area (Å²) in [6.45, 7) is 8.34. The van der Waals surface area contributed by atoms with Crippen molar-refractivity contribution in [3.8, 4) is 0 Å². The molecular formula is C11H24NO2+. The van der Waals surface area contributed by atoms with E-state index in [0.29, 0.717) is 13.2 Å². The predicted molar refractivity (Wildman–Crippen MR) is 56.2 cm³/mol. The fraction of sp³-hybridized carbons (Fsp3) is 1.00. The Morgan fingerprint density at radius 2 is 1.86 bits per heavy atom. The molecule has 1 fully saturated rings. The molecule has 1 aliphatic heterocycles. The van der Waals surface area contributed by atoms with Gasteiger partial charge in [-0.05, 0) is 18.8 Å². The standard InChI is InChI=1S/C11H24NO2/c1-11(2)5-3-4-6-12(13)7-9-14-10-8-12/h11,13H,3-10H2,1-2H3/q+1. The van der Waals surface area contributed by atoms with Crippen LogP contribution in [0.15, 0.2) is 0 Å². The Labute approximate surface area is 87.2 Å². The lowest BCUT2D eigenvalue weighted by Crippen LogP contribution is -2.52. The van der Waals surface area contributed by atoms with Gasteiger partial charge in [-0.15, -0.1) is 0 Å². The molecule has 0 saturated carbocycles. The highest BCUT2D eigenvalue weighted by atomic mass is 16.6. The molecule has 1 saturated heterocycles. The van der Waals surface area contributed by atoms with Crippen molar-refractivity contribution < 1.29 is 14.6 Å². The molecule has 0 unspecified atom stereocenters. The number of hydrogen-bond donors (Lipinski definition) is 1. The first-order valence-corrected chi connectivity index (χ1v) is 5.79. The third-order valence-corrected chi connectivity index (χ3v) is 2.91. The molecule has 84 valence electrons. The highest BCUT2D eigenvalue weighted by Crippen LogP contribution is 2.12. The zero-order valence-electron chi connectivity index (χ0n) is 9.54. The third-order valence-electron chi connectivity index (χ3n) is 2.91. The number of hydrogen-bond acceptors (Lipinski definition) is 2. The smallest absolute Gasteiger partial charge is 0.132 e. The SMILES string of the molecule is CC(C)CCCC[N+]1(O)CCOCC1. The molecule has 0 bridgehead atoms. The molecule has 1 heterocycles. The van der Waals surface area contributed by atoms with Crippen molar-refractivity contribution in [3.63, 3.8) is 0 Å². The summed E-state index contributed by atoms with van der Waals surface area (Å²) in [6.07, 6.45) is 3.64. The maximum absolute atomic E-state index is 10.1. The van der Waals surface area contributed by atoms with Gasteiger partial charge in [0.25, 0.3) is 0 Å². The van der Waals surface area contributed by atoms with E-state index in [-0.39, 0.29) is 4.65 Å². The number of rotatable bonds is 5. The van der Waals surface area contributed by atoms with Gasteiger partial charge >= 0.3 is 0 Å². The maximum atomic E-state index is 10.1. The van der Waals surface area contributed by atoms with Crippen LogP contribution in [0.25, 0.3) is 0 Å². The summed E-state index contributed by atoms with van der Waals surface area (Å²) in [5.74, 6) is 0.784. The minimum absolute atomic E-state index is 0.234. The largest absolute Gasteiger partial charge is 0.370 e. The Balaban J connectivity index is 2.09. The first-order valence-electron chi connectivity index (χ1n) is 5.79. The summed E-state index contributed by atoms with van der Waals surface area (Å²) < 4.78 is 5.47. The topological polar surface area (TPSA) is 29.5 Å². The number of hydroxylamine groups is 3. The molecule has 0 aromatic carbocycles. The second kappa shape index (κ2) is 5.69. The quantitative estimate of drug-likeness (QED) is 0.546. The molecule has 0 atom stereocenters. The van der Waals surface area contributed by atoms with Gasteiger partial charge in [0, 0.05) is 0 Å². The van der Waals surface area contributed by atoms with E-state index in [1.165, 1.54) is 12.8 Å². The first-order chi connectivity index (χ1) is 6.62. The van der Waals surface area contributed by atoms with Gasteiger partial charge < -0.3 is 4.74 Å². The van der Waals surface area contributed by atoms with Crippen LogP contribution in [0.4, 0.5) is 0 Å². The third kappa shape index (κ3) is 4.40. The van der Waals surface area contributed by atoms with Crippen LogP contribution in [0.5, 0.6) is 0 Å². The van der Waals surface area contributed by atoms with E-state index < -0.39 is 0 Å². The van der Waals surface area contributed by atoms with Gasteiger partial charge in [-0.2, -0.15) is 4.65 Å². The van der Waals surface area contributed by atoms with E-state index in [9.17, 15) is 5.21 Å². The van der Waals surface area contributed by atoms with Crippen molar-refractivity contribution >= 4 is 0 Å². The Morgan fingerprint density at radius 1 is 1.21 bits per heavy atom. The molecule has 1 aliphatic rings. The molecule has 3 heteroatoms. The Hall–Kier alpha value is -0.120. The molecule has 0 aromatic heterocycles. The zero-order chi connectivity index (χ0) is 10.4. The molecule has 0 aliphatic carbocycles. The lowest BCUT2D eigenvalue weighted by molar-refractivity contribution is -1.11. The summed E-state index contributed by atoms with van der Waals surface area (Å²) in [5.41, 5.74) is 0. The van der Waals surface area contributed by atoms with E-state index in [1.54, 1.807) is 0 Å². The van der Waals surface area contributed by atoms with Gasteiger partial charge in [-0.3, -0.25) is 0 Å². The number of ether oxygens (including phenoxy) is 1.